The van der Waals surface area contributed by atoms with Crippen molar-refractivity contribution in [1.29, 1.82) is 0 Å². The average molecular weight is 278 g/mol. The van der Waals surface area contributed by atoms with Crippen LogP contribution in [0.1, 0.15) is 32.4 Å². The van der Waals surface area contributed by atoms with Crippen LogP contribution in [0.15, 0.2) is 18.2 Å². The summed E-state index contributed by atoms with van der Waals surface area (Å²) < 4.78 is 11.1. The Labute approximate surface area is 119 Å². The zero-order valence-electron chi connectivity index (χ0n) is 12.2. The molecule has 3 N–H and O–H groups in total. The quantitative estimate of drug-likeness (QED) is 0.877. The maximum atomic E-state index is 11.8. The Bertz CT molecular complexity index is 486. The first-order valence-electron chi connectivity index (χ1n) is 6.94. The Morgan fingerprint density at radius 3 is 2.45 bits per heavy atom. The Kier molecular flexibility index (Phi) is 4.49. The third kappa shape index (κ3) is 3.22. The molecule has 0 saturated heterocycles. The van der Waals surface area contributed by atoms with Gasteiger partial charge in [0.1, 0.15) is 13.2 Å². The molecule has 0 radical (unpaired) electrons. The van der Waals surface area contributed by atoms with Crippen molar-refractivity contribution < 1.29 is 14.3 Å². The highest BCUT2D eigenvalue weighted by molar-refractivity contribution is 5.81. The average Bonchev–Trinajstić information content (AvgIpc) is 2.43. The number of nitrogens with one attached hydrogen (secondary N) is 1. The van der Waals surface area contributed by atoms with Crippen LogP contribution >= 0.6 is 0 Å². The topological polar surface area (TPSA) is 73.6 Å². The summed E-state index contributed by atoms with van der Waals surface area (Å²) in [6.45, 7) is 6.92. The van der Waals surface area contributed by atoms with Crippen molar-refractivity contribution in [3.8, 4) is 11.5 Å². The monoisotopic (exact) mass is 278 g/mol. The molecular weight excluding hydrogens is 256 g/mol. The number of fused-ring (bicyclic) bond motifs is 1. The van der Waals surface area contributed by atoms with Gasteiger partial charge in [-0.05, 0) is 30.5 Å². The predicted octanol–water partition coefficient (Wildman–Crippen LogP) is 1.62. The summed E-state index contributed by atoms with van der Waals surface area (Å²) >= 11 is 0. The molecule has 0 aromatic heterocycles. The summed E-state index contributed by atoms with van der Waals surface area (Å²) in [5.41, 5.74) is 6.61. The Morgan fingerprint density at radius 1 is 1.20 bits per heavy atom. The molecule has 110 valence electrons. The van der Waals surface area contributed by atoms with E-state index >= 15 is 0 Å². The number of ether oxygens (including phenoxy) is 2. The molecule has 1 amide bonds. The number of nitrogens with two attached hydrogens (primary N) is 1. The Morgan fingerprint density at radius 2 is 1.85 bits per heavy atom. The first-order valence-corrected chi connectivity index (χ1v) is 6.94. The molecule has 1 heterocycles. The van der Waals surface area contributed by atoms with Crippen molar-refractivity contribution in [2.75, 3.05) is 13.2 Å². The van der Waals surface area contributed by atoms with E-state index in [1.54, 1.807) is 6.92 Å². The molecule has 1 unspecified atom stereocenters. The van der Waals surface area contributed by atoms with Crippen molar-refractivity contribution in [1.82, 2.24) is 5.32 Å². The number of hydrogen-bond donors (Lipinski definition) is 2. The summed E-state index contributed by atoms with van der Waals surface area (Å²) in [6.07, 6.45) is 0. The van der Waals surface area contributed by atoms with Crippen LogP contribution in [0.3, 0.4) is 0 Å². The van der Waals surface area contributed by atoms with Crippen LogP contribution in [-0.4, -0.2) is 25.2 Å². The van der Waals surface area contributed by atoms with Crippen LogP contribution in [0.4, 0.5) is 0 Å². The second-order valence-corrected chi connectivity index (χ2v) is 5.42. The Balaban J connectivity index is 2.23. The second kappa shape index (κ2) is 6.13. The summed E-state index contributed by atoms with van der Waals surface area (Å²) in [7, 11) is 0. The predicted molar refractivity (Wildman–Crippen MR) is 76.8 cm³/mol. The molecule has 5 heteroatoms. The lowest BCUT2D eigenvalue weighted by Gasteiger charge is -2.26. The standard InChI is InChI=1S/C15H22N2O3/c1-9(2)14(17-15(18)10(3)16)11-4-5-12-13(8-11)20-7-6-19-12/h4-5,8-10,14H,6-7,16H2,1-3H3,(H,17,18)/t10-,14?/m0/s1. The first kappa shape index (κ1) is 14.7. The van der Waals surface area contributed by atoms with Gasteiger partial charge in [-0.3, -0.25) is 4.79 Å². The SMILES string of the molecule is CC(C)C(NC(=O)[C@H](C)N)c1ccc2c(c1)OCCO2. The molecule has 0 saturated carbocycles. The summed E-state index contributed by atoms with van der Waals surface area (Å²) in [5.74, 6) is 1.58. The lowest BCUT2D eigenvalue weighted by molar-refractivity contribution is -0.123. The molecule has 0 spiro atoms. The van der Waals surface area contributed by atoms with Gasteiger partial charge in [0, 0.05) is 0 Å². The van der Waals surface area contributed by atoms with E-state index in [1.807, 2.05) is 18.2 Å². The zero-order chi connectivity index (χ0) is 14.7. The Hall–Kier alpha value is -1.75. The van der Waals surface area contributed by atoms with Crippen LogP contribution < -0.4 is 20.5 Å². The molecule has 2 atom stereocenters. The molecule has 0 bridgehead atoms. The second-order valence-electron chi connectivity index (χ2n) is 5.42. The highest BCUT2D eigenvalue weighted by Gasteiger charge is 2.22. The smallest absolute Gasteiger partial charge is 0.237 e. The summed E-state index contributed by atoms with van der Waals surface area (Å²) in [6, 6.07) is 5.16. The highest BCUT2D eigenvalue weighted by atomic mass is 16.6. The van der Waals surface area contributed by atoms with E-state index < -0.39 is 6.04 Å². The van der Waals surface area contributed by atoms with Crippen LogP contribution in [0.25, 0.3) is 0 Å². The molecule has 1 aromatic rings. The van der Waals surface area contributed by atoms with Crippen LogP contribution in [0.2, 0.25) is 0 Å². The van der Waals surface area contributed by atoms with Crippen molar-refractivity contribution in [2.24, 2.45) is 11.7 Å². The van der Waals surface area contributed by atoms with Gasteiger partial charge < -0.3 is 20.5 Å². The molecule has 1 aliphatic heterocycles. The lowest BCUT2D eigenvalue weighted by atomic mass is 9.95. The maximum Gasteiger partial charge on any atom is 0.237 e. The number of hydrogen-bond acceptors (Lipinski definition) is 4. The van der Waals surface area contributed by atoms with E-state index in [9.17, 15) is 4.79 Å². The fraction of sp³-hybridized carbons (Fsp3) is 0.533. The molecule has 0 aliphatic carbocycles. The van der Waals surface area contributed by atoms with E-state index in [2.05, 4.69) is 19.2 Å². The fourth-order valence-electron chi connectivity index (χ4n) is 2.17. The van der Waals surface area contributed by atoms with Crippen molar-refractivity contribution in [2.45, 2.75) is 32.9 Å². The highest BCUT2D eigenvalue weighted by Crippen LogP contribution is 2.34. The molecular formula is C15H22N2O3. The van der Waals surface area contributed by atoms with Crippen LogP contribution in [-0.2, 0) is 4.79 Å². The van der Waals surface area contributed by atoms with Gasteiger partial charge in [-0.2, -0.15) is 0 Å². The maximum absolute atomic E-state index is 11.8. The minimum atomic E-state index is -0.520. The lowest BCUT2D eigenvalue weighted by Crippen LogP contribution is -2.41. The first-order chi connectivity index (χ1) is 9.49. The summed E-state index contributed by atoms with van der Waals surface area (Å²) in [4.78, 5) is 11.8. The van der Waals surface area contributed by atoms with E-state index in [-0.39, 0.29) is 17.9 Å². The normalized spacial score (nSPS) is 16.6. The van der Waals surface area contributed by atoms with Gasteiger partial charge in [-0.15, -0.1) is 0 Å². The van der Waals surface area contributed by atoms with Gasteiger partial charge in [-0.1, -0.05) is 19.9 Å². The van der Waals surface area contributed by atoms with Crippen molar-refractivity contribution >= 4 is 5.91 Å². The van der Waals surface area contributed by atoms with E-state index in [0.29, 0.717) is 13.2 Å². The minimum Gasteiger partial charge on any atom is -0.486 e. The van der Waals surface area contributed by atoms with Gasteiger partial charge in [0.05, 0.1) is 12.1 Å². The molecule has 20 heavy (non-hydrogen) atoms. The zero-order valence-corrected chi connectivity index (χ0v) is 12.2. The molecule has 0 fully saturated rings. The largest absolute Gasteiger partial charge is 0.486 e. The van der Waals surface area contributed by atoms with Crippen LogP contribution in [0.5, 0.6) is 11.5 Å². The molecule has 1 aromatic carbocycles. The number of benzene rings is 1. The van der Waals surface area contributed by atoms with Gasteiger partial charge in [0.2, 0.25) is 5.91 Å². The van der Waals surface area contributed by atoms with Gasteiger partial charge in [0.15, 0.2) is 11.5 Å². The van der Waals surface area contributed by atoms with E-state index in [4.69, 9.17) is 15.2 Å². The third-order valence-corrected chi connectivity index (χ3v) is 3.30. The number of carbonyl (C=O) groups excluding carboxylic acids is 1. The summed E-state index contributed by atoms with van der Waals surface area (Å²) in [5, 5.41) is 2.98. The van der Waals surface area contributed by atoms with Crippen LogP contribution in [0, 0.1) is 5.92 Å². The number of carbonyl (C=O) groups is 1. The van der Waals surface area contributed by atoms with Crippen molar-refractivity contribution in [3.63, 3.8) is 0 Å². The molecule has 1 aliphatic rings. The minimum absolute atomic E-state index is 0.0932. The van der Waals surface area contributed by atoms with Gasteiger partial charge in [0.25, 0.3) is 0 Å². The third-order valence-electron chi connectivity index (χ3n) is 3.30. The molecule has 5 nitrogen and oxygen atoms in total. The number of rotatable bonds is 4. The van der Waals surface area contributed by atoms with E-state index in [1.165, 1.54) is 0 Å². The molecule has 2 rings (SSSR count). The van der Waals surface area contributed by atoms with Gasteiger partial charge in [-0.25, -0.2) is 0 Å². The van der Waals surface area contributed by atoms with Gasteiger partial charge >= 0.3 is 0 Å². The number of amides is 1. The van der Waals surface area contributed by atoms with E-state index in [0.717, 1.165) is 17.1 Å². The van der Waals surface area contributed by atoms with Crippen molar-refractivity contribution in [3.05, 3.63) is 23.8 Å². The fourth-order valence-corrected chi connectivity index (χ4v) is 2.17.